The molecule has 2 aromatic rings. The van der Waals surface area contributed by atoms with Gasteiger partial charge in [-0.05, 0) is 26.6 Å². The second-order valence-electron chi connectivity index (χ2n) is 5.10. The standard InChI is InChI=1S/C16H18N4OS2/c1-11-15(22-10-9-17)23-16(18-11)19-14(21)13(20(2)3)12-7-5-4-6-8-12/h4-8,13H,10H2,1-3H3,(H,18,19,21)/t13-/m1/s1. The average molecular weight is 346 g/mol. The van der Waals surface area contributed by atoms with Gasteiger partial charge in [0, 0.05) is 0 Å². The number of carbonyl (C=O) groups excluding carboxylic acids is 1. The first-order valence-corrected chi connectivity index (χ1v) is 8.82. The lowest BCUT2D eigenvalue weighted by atomic mass is 10.1. The Bertz CT molecular complexity index is 707. The first-order valence-electron chi connectivity index (χ1n) is 7.02. The Hall–Kier alpha value is -1.88. The minimum absolute atomic E-state index is 0.119. The summed E-state index contributed by atoms with van der Waals surface area (Å²) in [5.41, 5.74) is 1.77. The van der Waals surface area contributed by atoms with Gasteiger partial charge in [0.2, 0.25) is 5.91 Å². The Balaban J connectivity index is 2.15. The predicted molar refractivity (Wildman–Crippen MR) is 94.7 cm³/mol. The zero-order chi connectivity index (χ0) is 16.8. The van der Waals surface area contributed by atoms with Crippen LogP contribution in [0.4, 0.5) is 5.13 Å². The Labute approximate surface area is 144 Å². The second kappa shape index (κ2) is 8.11. The summed E-state index contributed by atoms with van der Waals surface area (Å²) in [4.78, 5) is 18.9. The van der Waals surface area contributed by atoms with Crippen LogP contribution in [0.25, 0.3) is 0 Å². The van der Waals surface area contributed by atoms with Crippen LogP contribution >= 0.6 is 23.1 Å². The van der Waals surface area contributed by atoms with Crippen molar-refractivity contribution in [3.63, 3.8) is 0 Å². The van der Waals surface area contributed by atoms with Crippen LogP contribution in [0.5, 0.6) is 0 Å². The fourth-order valence-electron chi connectivity index (χ4n) is 2.16. The molecule has 0 aliphatic rings. The number of nitrogens with zero attached hydrogens (tertiary/aromatic N) is 3. The smallest absolute Gasteiger partial charge is 0.248 e. The van der Waals surface area contributed by atoms with Crippen LogP contribution in [-0.2, 0) is 4.79 Å². The molecule has 5 nitrogen and oxygen atoms in total. The molecule has 2 rings (SSSR count). The molecule has 1 atom stereocenters. The highest BCUT2D eigenvalue weighted by Gasteiger charge is 2.24. The third-order valence-electron chi connectivity index (χ3n) is 3.13. The molecule has 0 unspecified atom stereocenters. The number of thiazole rings is 1. The monoisotopic (exact) mass is 346 g/mol. The number of nitriles is 1. The maximum Gasteiger partial charge on any atom is 0.248 e. The van der Waals surface area contributed by atoms with Gasteiger partial charge in [-0.3, -0.25) is 9.69 Å². The van der Waals surface area contributed by atoms with Gasteiger partial charge in [0.25, 0.3) is 0 Å². The number of amides is 1. The average Bonchev–Trinajstić information content (AvgIpc) is 2.85. The van der Waals surface area contributed by atoms with Gasteiger partial charge in [-0.2, -0.15) is 5.26 Å². The Morgan fingerprint density at radius 2 is 2.13 bits per heavy atom. The minimum atomic E-state index is -0.379. The van der Waals surface area contributed by atoms with E-state index in [9.17, 15) is 4.79 Å². The Kier molecular flexibility index (Phi) is 6.16. The molecule has 1 heterocycles. The number of aromatic nitrogens is 1. The number of anilines is 1. The van der Waals surface area contributed by atoms with E-state index in [1.165, 1.54) is 23.1 Å². The molecular formula is C16H18N4OS2. The maximum atomic E-state index is 12.6. The van der Waals surface area contributed by atoms with Crippen LogP contribution in [0.3, 0.4) is 0 Å². The SMILES string of the molecule is Cc1nc(NC(=O)[C@@H](c2ccccc2)N(C)C)sc1SCC#N. The van der Waals surface area contributed by atoms with Gasteiger partial charge in [0.1, 0.15) is 6.04 Å². The normalized spacial score (nSPS) is 12.0. The molecule has 0 spiro atoms. The van der Waals surface area contributed by atoms with Gasteiger partial charge in [0.15, 0.2) is 5.13 Å². The first-order chi connectivity index (χ1) is 11.0. The Morgan fingerprint density at radius 3 is 2.74 bits per heavy atom. The molecular weight excluding hydrogens is 328 g/mol. The van der Waals surface area contributed by atoms with Crippen molar-refractivity contribution in [3.8, 4) is 6.07 Å². The number of aryl methyl sites for hydroxylation is 1. The summed E-state index contributed by atoms with van der Waals surface area (Å²) >= 11 is 2.84. The number of carbonyl (C=O) groups is 1. The quantitative estimate of drug-likeness (QED) is 0.813. The van der Waals surface area contributed by atoms with Gasteiger partial charge < -0.3 is 5.32 Å². The third kappa shape index (κ3) is 4.55. The lowest BCUT2D eigenvalue weighted by molar-refractivity contribution is -0.120. The summed E-state index contributed by atoms with van der Waals surface area (Å²) in [5, 5.41) is 12.1. The summed E-state index contributed by atoms with van der Waals surface area (Å²) in [6.07, 6.45) is 0. The van der Waals surface area contributed by atoms with E-state index >= 15 is 0 Å². The maximum absolute atomic E-state index is 12.6. The molecule has 0 fully saturated rings. The topological polar surface area (TPSA) is 69.0 Å². The number of rotatable bonds is 6. The van der Waals surface area contributed by atoms with Crippen LogP contribution in [0.1, 0.15) is 17.3 Å². The summed E-state index contributed by atoms with van der Waals surface area (Å²) in [6.45, 7) is 1.88. The van der Waals surface area contributed by atoms with Crippen molar-refractivity contribution in [3.05, 3.63) is 41.6 Å². The van der Waals surface area contributed by atoms with Crippen molar-refractivity contribution in [2.45, 2.75) is 17.2 Å². The fraction of sp³-hybridized carbons (Fsp3) is 0.312. The lowest BCUT2D eigenvalue weighted by Crippen LogP contribution is -2.32. The highest BCUT2D eigenvalue weighted by molar-refractivity contribution is 8.01. The molecule has 0 radical (unpaired) electrons. The predicted octanol–water partition coefficient (Wildman–Crippen LogP) is 3.31. The van der Waals surface area contributed by atoms with Crippen LogP contribution < -0.4 is 5.32 Å². The van der Waals surface area contributed by atoms with Crippen molar-refractivity contribution in [1.29, 1.82) is 5.26 Å². The number of benzene rings is 1. The molecule has 0 aliphatic carbocycles. The largest absolute Gasteiger partial charge is 0.300 e. The van der Waals surface area contributed by atoms with E-state index in [4.69, 9.17) is 5.26 Å². The van der Waals surface area contributed by atoms with E-state index in [1.807, 2.05) is 56.3 Å². The van der Waals surface area contributed by atoms with Crippen LogP contribution in [-0.4, -0.2) is 35.6 Å². The number of likely N-dealkylation sites (N-methyl/N-ethyl adjacent to an activating group) is 1. The van der Waals surface area contributed by atoms with Crippen molar-refractivity contribution in [2.75, 3.05) is 25.2 Å². The third-order valence-corrected chi connectivity index (χ3v) is 5.43. The Morgan fingerprint density at radius 1 is 1.43 bits per heavy atom. The van der Waals surface area contributed by atoms with Gasteiger partial charge in [-0.15, -0.1) is 0 Å². The highest BCUT2D eigenvalue weighted by atomic mass is 32.2. The van der Waals surface area contributed by atoms with Crippen LogP contribution in [0.2, 0.25) is 0 Å². The number of hydrogen-bond acceptors (Lipinski definition) is 6. The van der Waals surface area contributed by atoms with Gasteiger partial charge in [0.05, 0.1) is 21.7 Å². The molecule has 0 saturated carbocycles. The van der Waals surface area contributed by atoms with Gasteiger partial charge in [-0.25, -0.2) is 4.98 Å². The van der Waals surface area contributed by atoms with Crippen molar-refractivity contribution in [2.24, 2.45) is 0 Å². The molecule has 0 saturated heterocycles. The first kappa shape index (κ1) is 17.5. The fourth-order valence-corrected chi connectivity index (χ4v) is 3.96. The van der Waals surface area contributed by atoms with E-state index < -0.39 is 0 Å². The molecule has 1 aromatic carbocycles. The molecule has 7 heteroatoms. The summed E-state index contributed by atoms with van der Waals surface area (Å²) < 4.78 is 0.961. The van der Waals surface area contributed by atoms with E-state index in [1.54, 1.807) is 0 Å². The minimum Gasteiger partial charge on any atom is -0.300 e. The molecule has 23 heavy (non-hydrogen) atoms. The molecule has 120 valence electrons. The van der Waals surface area contributed by atoms with Crippen LogP contribution in [0.15, 0.2) is 34.5 Å². The van der Waals surface area contributed by atoms with Crippen molar-refractivity contribution >= 4 is 34.1 Å². The zero-order valence-electron chi connectivity index (χ0n) is 13.2. The molecule has 1 aromatic heterocycles. The van der Waals surface area contributed by atoms with Crippen molar-refractivity contribution in [1.82, 2.24) is 9.88 Å². The highest BCUT2D eigenvalue weighted by Crippen LogP contribution is 2.32. The summed E-state index contributed by atoms with van der Waals surface area (Å²) in [7, 11) is 3.75. The molecule has 0 aliphatic heterocycles. The molecule has 1 amide bonds. The number of thioether (sulfide) groups is 1. The zero-order valence-corrected chi connectivity index (χ0v) is 14.9. The van der Waals surface area contributed by atoms with Crippen molar-refractivity contribution < 1.29 is 4.79 Å². The summed E-state index contributed by atoms with van der Waals surface area (Å²) in [6, 6.07) is 11.4. The van der Waals surface area contributed by atoms with Gasteiger partial charge >= 0.3 is 0 Å². The second-order valence-corrected chi connectivity index (χ2v) is 7.35. The molecule has 1 N–H and O–H groups in total. The van der Waals surface area contributed by atoms with E-state index in [0.29, 0.717) is 10.9 Å². The van der Waals surface area contributed by atoms with E-state index in [2.05, 4.69) is 16.4 Å². The van der Waals surface area contributed by atoms with E-state index in [0.717, 1.165) is 15.5 Å². The number of hydrogen-bond donors (Lipinski definition) is 1. The van der Waals surface area contributed by atoms with E-state index in [-0.39, 0.29) is 11.9 Å². The summed E-state index contributed by atoms with van der Waals surface area (Å²) in [5.74, 6) is 0.257. The number of nitrogens with one attached hydrogen (secondary N) is 1. The lowest BCUT2D eigenvalue weighted by Gasteiger charge is -2.23. The van der Waals surface area contributed by atoms with Gasteiger partial charge in [-0.1, -0.05) is 53.4 Å². The molecule has 0 bridgehead atoms. The van der Waals surface area contributed by atoms with Crippen LogP contribution in [0, 0.1) is 18.3 Å².